The molecular formula is C16H12O3. The number of furan rings is 1. The summed E-state index contributed by atoms with van der Waals surface area (Å²) in [6.07, 6.45) is 0. The van der Waals surface area contributed by atoms with Crippen LogP contribution in [0.2, 0.25) is 0 Å². The highest BCUT2D eigenvalue weighted by molar-refractivity contribution is 6.09. The van der Waals surface area contributed by atoms with Crippen molar-refractivity contribution in [2.75, 3.05) is 7.11 Å². The summed E-state index contributed by atoms with van der Waals surface area (Å²) >= 11 is 0. The van der Waals surface area contributed by atoms with Crippen molar-refractivity contribution in [3.63, 3.8) is 0 Å². The molecular weight excluding hydrogens is 240 g/mol. The second-order valence-electron chi connectivity index (χ2n) is 4.21. The standard InChI is InChI=1S/C16H12O3/c1-18-13-8-6-11(7-9-13)16(17)15-10-12-4-2-3-5-14(12)19-15/h2-10H,1H3. The number of carbonyl (C=O) groups is 1. The monoisotopic (exact) mass is 252 g/mol. The maximum Gasteiger partial charge on any atom is 0.228 e. The van der Waals surface area contributed by atoms with Crippen LogP contribution in [0.4, 0.5) is 0 Å². The van der Waals surface area contributed by atoms with Crippen molar-refractivity contribution in [3.8, 4) is 5.75 Å². The fraction of sp³-hybridized carbons (Fsp3) is 0.0625. The zero-order valence-electron chi connectivity index (χ0n) is 10.4. The van der Waals surface area contributed by atoms with Gasteiger partial charge in [-0.25, -0.2) is 0 Å². The van der Waals surface area contributed by atoms with Gasteiger partial charge in [-0.1, -0.05) is 18.2 Å². The molecule has 3 nitrogen and oxygen atoms in total. The fourth-order valence-electron chi connectivity index (χ4n) is 1.98. The zero-order valence-corrected chi connectivity index (χ0v) is 10.4. The average molecular weight is 252 g/mol. The molecule has 2 aromatic carbocycles. The first-order valence-corrected chi connectivity index (χ1v) is 5.95. The van der Waals surface area contributed by atoms with Crippen LogP contribution in [0.3, 0.4) is 0 Å². The second kappa shape index (κ2) is 4.61. The Kier molecular flexibility index (Phi) is 2.80. The molecule has 0 aliphatic heterocycles. The maximum atomic E-state index is 12.3. The van der Waals surface area contributed by atoms with E-state index < -0.39 is 0 Å². The molecule has 0 fully saturated rings. The minimum absolute atomic E-state index is 0.126. The first-order chi connectivity index (χ1) is 9.28. The molecule has 1 aromatic heterocycles. The van der Waals surface area contributed by atoms with E-state index in [1.807, 2.05) is 24.3 Å². The quantitative estimate of drug-likeness (QED) is 0.667. The second-order valence-corrected chi connectivity index (χ2v) is 4.21. The first kappa shape index (κ1) is 11.5. The summed E-state index contributed by atoms with van der Waals surface area (Å²) in [6, 6.07) is 16.3. The summed E-state index contributed by atoms with van der Waals surface area (Å²) in [5.74, 6) is 0.950. The molecule has 3 aromatic rings. The van der Waals surface area contributed by atoms with Crippen LogP contribution in [0, 0.1) is 0 Å². The minimum atomic E-state index is -0.126. The number of para-hydroxylation sites is 1. The van der Waals surface area contributed by atoms with Crippen LogP contribution < -0.4 is 4.74 Å². The van der Waals surface area contributed by atoms with E-state index in [2.05, 4.69) is 0 Å². The highest BCUT2D eigenvalue weighted by Crippen LogP contribution is 2.22. The molecule has 94 valence electrons. The van der Waals surface area contributed by atoms with Gasteiger partial charge in [0.25, 0.3) is 0 Å². The third-order valence-electron chi connectivity index (χ3n) is 3.00. The van der Waals surface area contributed by atoms with Crippen molar-refractivity contribution < 1.29 is 13.9 Å². The van der Waals surface area contributed by atoms with Crippen LogP contribution in [0.25, 0.3) is 11.0 Å². The largest absolute Gasteiger partial charge is 0.497 e. The summed E-state index contributed by atoms with van der Waals surface area (Å²) in [6.45, 7) is 0. The van der Waals surface area contributed by atoms with Crippen molar-refractivity contribution >= 4 is 16.8 Å². The topological polar surface area (TPSA) is 39.4 Å². The number of rotatable bonds is 3. The van der Waals surface area contributed by atoms with Crippen molar-refractivity contribution in [2.45, 2.75) is 0 Å². The number of ketones is 1. The molecule has 0 amide bonds. The third kappa shape index (κ3) is 2.10. The number of hydrogen-bond acceptors (Lipinski definition) is 3. The average Bonchev–Trinajstić information content (AvgIpc) is 2.90. The summed E-state index contributed by atoms with van der Waals surface area (Å²) < 4.78 is 10.6. The van der Waals surface area contributed by atoms with E-state index >= 15 is 0 Å². The lowest BCUT2D eigenvalue weighted by molar-refractivity contribution is 0.101. The Morgan fingerprint density at radius 1 is 1.05 bits per heavy atom. The van der Waals surface area contributed by atoms with E-state index in [1.54, 1.807) is 37.4 Å². The van der Waals surface area contributed by atoms with Crippen molar-refractivity contribution in [3.05, 3.63) is 65.9 Å². The van der Waals surface area contributed by atoms with Crippen LogP contribution in [0.15, 0.2) is 59.0 Å². The van der Waals surface area contributed by atoms with Gasteiger partial charge in [0.2, 0.25) is 5.78 Å². The van der Waals surface area contributed by atoms with Gasteiger partial charge < -0.3 is 9.15 Å². The van der Waals surface area contributed by atoms with Gasteiger partial charge in [-0.3, -0.25) is 4.79 Å². The lowest BCUT2D eigenvalue weighted by atomic mass is 10.1. The summed E-state index contributed by atoms with van der Waals surface area (Å²) in [5, 5.41) is 0.930. The Morgan fingerprint density at radius 2 is 1.79 bits per heavy atom. The number of fused-ring (bicyclic) bond motifs is 1. The first-order valence-electron chi connectivity index (χ1n) is 5.95. The van der Waals surface area contributed by atoms with Crippen LogP contribution in [0.1, 0.15) is 16.1 Å². The zero-order chi connectivity index (χ0) is 13.2. The predicted octanol–water partition coefficient (Wildman–Crippen LogP) is 3.67. The van der Waals surface area contributed by atoms with E-state index in [9.17, 15) is 4.79 Å². The van der Waals surface area contributed by atoms with Gasteiger partial charge in [0.15, 0.2) is 5.76 Å². The van der Waals surface area contributed by atoms with E-state index in [4.69, 9.17) is 9.15 Å². The lowest BCUT2D eigenvalue weighted by Gasteiger charge is -2.00. The minimum Gasteiger partial charge on any atom is -0.497 e. The van der Waals surface area contributed by atoms with E-state index in [0.29, 0.717) is 11.3 Å². The smallest absolute Gasteiger partial charge is 0.228 e. The molecule has 0 spiro atoms. The maximum absolute atomic E-state index is 12.3. The number of hydrogen-bond donors (Lipinski definition) is 0. The van der Waals surface area contributed by atoms with E-state index in [-0.39, 0.29) is 5.78 Å². The Balaban J connectivity index is 1.98. The van der Waals surface area contributed by atoms with Gasteiger partial charge in [-0.05, 0) is 36.4 Å². The van der Waals surface area contributed by atoms with Gasteiger partial charge in [-0.15, -0.1) is 0 Å². The van der Waals surface area contributed by atoms with Gasteiger partial charge in [-0.2, -0.15) is 0 Å². The normalized spacial score (nSPS) is 10.6. The highest BCUT2D eigenvalue weighted by Gasteiger charge is 2.14. The predicted molar refractivity (Wildman–Crippen MR) is 72.6 cm³/mol. The summed E-state index contributed by atoms with van der Waals surface area (Å²) in [4.78, 5) is 12.3. The molecule has 0 radical (unpaired) electrons. The lowest BCUT2D eigenvalue weighted by Crippen LogP contribution is -1.99. The molecule has 0 aliphatic rings. The van der Waals surface area contributed by atoms with Crippen molar-refractivity contribution in [1.82, 2.24) is 0 Å². The SMILES string of the molecule is COc1ccc(C(=O)c2cc3ccccc3o2)cc1. The fourth-order valence-corrected chi connectivity index (χ4v) is 1.98. The molecule has 3 heteroatoms. The molecule has 0 saturated heterocycles. The molecule has 0 atom stereocenters. The van der Waals surface area contributed by atoms with Gasteiger partial charge >= 0.3 is 0 Å². The molecule has 0 saturated carbocycles. The summed E-state index contributed by atoms with van der Waals surface area (Å²) in [7, 11) is 1.59. The van der Waals surface area contributed by atoms with Gasteiger partial charge in [0.05, 0.1) is 7.11 Å². The molecule has 19 heavy (non-hydrogen) atoms. The van der Waals surface area contributed by atoms with Crippen LogP contribution in [-0.2, 0) is 0 Å². The number of ether oxygens (including phenoxy) is 1. The number of carbonyl (C=O) groups excluding carboxylic acids is 1. The molecule has 0 bridgehead atoms. The molecule has 3 rings (SSSR count). The number of methoxy groups -OCH3 is 1. The molecule has 0 N–H and O–H groups in total. The van der Waals surface area contributed by atoms with Crippen LogP contribution in [0.5, 0.6) is 5.75 Å². The Hall–Kier alpha value is -2.55. The highest BCUT2D eigenvalue weighted by atomic mass is 16.5. The van der Waals surface area contributed by atoms with Crippen LogP contribution in [-0.4, -0.2) is 12.9 Å². The van der Waals surface area contributed by atoms with Gasteiger partial charge in [0, 0.05) is 10.9 Å². The van der Waals surface area contributed by atoms with E-state index in [0.717, 1.165) is 16.7 Å². The van der Waals surface area contributed by atoms with Crippen LogP contribution >= 0.6 is 0 Å². The third-order valence-corrected chi connectivity index (χ3v) is 3.00. The van der Waals surface area contributed by atoms with Gasteiger partial charge in [0.1, 0.15) is 11.3 Å². The number of benzene rings is 2. The molecule has 1 heterocycles. The Bertz CT molecular complexity index is 690. The molecule has 0 unspecified atom stereocenters. The van der Waals surface area contributed by atoms with E-state index in [1.165, 1.54) is 0 Å². The summed E-state index contributed by atoms with van der Waals surface area (Å²) in [5.41, 5.74) is 1.30. The Morgan fingerprint density at radius 3 is 2.47 bits per heavy atom. The van der Waals surface area contributed by atoms with Crippen molar-refractivity contribution in [1.29, 1.82) is 0 Å². The molecule has 0 aliphatic carbocycles. The van der Waals surface area contributed by atoms with Crippen molar-refractivity contribution in [2.24, 2.45) is 0 Å². The Labute approximate surface area is 110 Å².